The molecule has 0 radical (unpaired) electrons. The first-order valence-electron chi connectivity index (χ1n) is 9.97. The number of hydrogen-bond donors (Lipinski definition) is 0. The van der Waals surface area contributed by atoms with Crippen LogP contribution >= 0.6 is 0 Å². The van der Waals surface area contributed by atoms with Crippen LogP contribution in [0.15, 0.2) is 18.2 Å². The molecule has 0 fully saturated rings. The minimum Gasteiger partial charge on any atom is -0.497 e. The molecule has 0 aliphatic carbocycles. The van der Waals surface area contributed by atoms with Gasteiger partial charge >= 0.3 is 0 Å². The van der Waals surface area contributed by atoms with Gasteiger partial charge in [0, 0.05) is 18.9 Å². The van der Waals surface area contributed by atoms with Crippen molar-refractivity contribution in [2.45, 2.75) is 84.0 Å². The average molecular weight is 345 g/mol. The lowest BCUT2D eigenvalue weighted by Gasteiger charge is -2.08. The van der Waals surface area contributed by atoms with Crippen LogP contribution in [-0.2, 0) is 6.42 Å². The Hall–Kier alpha value is -1.62. The molecule has 1 aromatic rings. The summed E-state index contributed by atoms with van der Waals surface area (Å²) in [7, 11) is 3.40. The summed E-state index contributed by atoms with van der Waals surface area (Å²) in [5.74, 6) is 8.40. The van der Waals surface area contributed by atoms with Crippen molar-refractivity contribution < 1.29 is 9.47 Å². The van der Waals surface area contributed by atoms with Crippen molar-refractivity contribution in [3.05, 3.63) is 23.8 Å². The summed E-state index contributed by atoms with van der Waals surface area (Å²) in [5, 5.41) is 0. The van der Waals surface area contributed by atoms with E-state index in [0.717, 1.165) is 30.8 Å². The number of unbranched alkanes of at least 4 members (excludes halogenated alkanes) is 9. The summed E-state index contributed by atoms with van der Waals surface area (Å²) in [6.07, 6.45) is 14.9. The van der Waals surface area contributed by atoms with Crippen LogP contribution in [-0.4, -0.2) is 14.2 Å². The highest BCUT2D eigenvalue weighted by atomic mass is 16.5. The van der Waals surface area contributed by atoms with Gasteiger partial charge in [0.15, 0.2) is 0 Å². The topological polar surface area (TPSA) is 18.5 Å². The lowest BCUT2D eigenvalue weighted by molar-refractivity contribution is 0.393. The molecular weight excluding hydrogens is 308 g/mol. The molecule has 0 saturated heterocycles. The van der Waals surface area contributed by atoms with Gasteiger partial charge in [-0.3, -0.25) is 0 Å². The minimum atomic E-state index is 0.877. The lowest BCUT2D eigenvalue weighted by atomic mass is 10.0. The summed E-state index contributed by atoms with van der Waals surface area (Å²) >= 11 is 0. The van der Waals surface area contributed by atoms with Crippen molar-refractivity contribution >= 4 is 0 Å². The van der Waals surface area contributed by atoms with Crippen LogP contribution in [0.25, 0.3) is 0 Å². The van der Waals surface area contributed by atoms with Crippen molar-refractivity contribution in [2.75, 3.05) is 14.2 Å². The molecule has 2 heteroatoms. The number of methoxy groups -OCH3 is 2. The Kier molecular flexibility index (Phi) is 12.6. The van der Waals surface area contributed by atoms with Crippen molar-refractivity contribution in [2.24, 2.45) is 0 Å². The third kappa shape index (κ3) is 10.8. The smallest absolute Gasteiger partial charge is 0.122 e. The Morgan fingerprint density at radius 1 is 0.680 bits per heavy atom. The Labute approximate surface area is 155 Å². The molecule has 0 aromatic heterocycles. The molecule has 0 N–H and O–H groups in total. The second-order valence-corrected chi connectivity index (χ2v) is 6.65. The van der Waals surface area contributed by atoms with Gasteiger partial charge in [0.05, 0.1) is 14.2 Å². The third-order valence-electron chi connectivity index (χ3n) is 4.46. The van der Waals surface area contributed by atoms with Crippen molar-refractivity contribution in [3.63, 3.8) is 0 Å². The number of aryl methyl sites for hydroxylation is 1. The molecular formula is C23H36O2. The van der Waals surface area contributed by atoms with Crippen LogP contribution in [0.4, 0.5) is 0 Å². The molecule has 0 aliphatic heterocycles. The van der Waals surface area contributed by atoms with Gasteiger partial charge in [0.1, 0.15) is 11.5 Å². The highest BCUT2D eigenvalue weighted by Crippen LogP contribution is 2.23. The second-order valence-electron chi connectivity index (χ2n) is 6.65. The summed E-state index contributed by atoms with van der Waals surface area (Å²) in [6.45, 7) is 2.25. The maximum atomic E-state index is 5.32. The van der Waals surface area contributed by atoms with Gasteiger partial charge in [-0.15, -0.1) is 11.8 Å². The number of benzene rings is 1. The fourth-order valence-corrected chi connectivity index (χ4v) is 2.90. The molecule has 140 valence electrons. The largest absolute Gasteiger partial charge is 0.497 e. The Morgan fingerprint density at radius 2 is 1.20 bits per heavy atom. The van der Waals surface area contributed by atoms with Gasteiger partial charge in [0.25, 0.3) is 0 Å². The SMILES string of the molecule is CCCCCCC#CCCCCCCCc1cc(OC)cc(OC)c1. The van der Waals surface area contributed by atoms with Gasteiger partial charge in [-0.05, 0) is 43.4 Å². The monoisotopic (exact) mass is 344 g/mol. The fraction of sp³-hybridized carbons (Fsp3) is 0.652. The molecule has 0 saturated carbocycles. The molecule has 1 aromatic carbocycles. The molecule has 0 atom stereocenters. The molecule has 0 unspecified atom stereocenters. The predicted octanol–water partition coefficient (Wildman–Crippen LogP) is 6.56. The van der Waals surface area contributed by atoms with E-state index in [0.29, 0.717) is 0 Å². The molecule has 0 aliphatic rings. The van der Waals surface area contributed by atoms with E-state index in [1.54, 1.807) is 14.2 Å². The number of rotatable bonds is 13. The minimum absolute atomic E-state index is 0.877. The van der Waals surface area contributed by atoms with Gasteiger partial charge in [-0.2, -0.15) is 0 Å². The molecule has 0 spiro atoms. The second kappa shape index (κ2) is 14.7. The van der Waals surface area contributed by atoms with E-state index in [-0.39, 0.29) is 0 Å². The summed E-state index contributed by atoms with van der Waals surface area (Å²) < 4.78 is 10.6. The highest BCUT2D eigenvalue weighted by Gasteiger charge is 2.02. The number of hydrogen-bond acceptors (Lipinski definition) is 2. The molecule has 25 heavy (non-hydrogen) atoms. The zero-order valence-corrected chi connectivity index (χ0v) is 16.5. The van der Waals surface area contributed by atoms with E-state index in [4.69, 9.17) is 9.47 Å². The van der Waals surface area contributed by atoms with Crippen molar-refractivity contribution in [1.29, 1.82) is 0 Å². The van der Waals surface area contributed by atoms with Crippen LogP contribution in [0.2, 0.25) is 0 Å². The van der Waals surface area contributed by atoms with Crippen molar-refractivity contribution in [1.82, 2.24) is 0 Å². The van der Waals surface area contributed by atoms with E-state index in [2.05, 4.69) is 30.9 Å². The predicted molar refractivity (Wildman–Crippen MR) is 107 cm³/mol. The van der Waals surface area contributed by atoms with Crippen LogP contribution in [0.3, 0.4) is 0 Å². The number of ether oxygens (including phenoxy) is 2. The Balaban J connectivity index is 2.04. The highest BCUT2D eigenvalue weighted by molar-refractivity contribution is 5.38. The average Bonchev–Trinajstić information content (AvgIpc) is 2.65. The Morgan fingerprint density at radius 3 is 1.76 bits per heavy atom. The summed E-state index contributed by atoms with van der Waals surface area (Å²) in [4.78, 5) is 0. The molecule has 2 nitrogen and oxygen atoms in total. The first-order chi connectivity index (χ1) is 12.3. The zero-order chi connectivity index (χ0) is 18.2. The quantitative estimate of drug-likeness (QED) is 0.298. The first-order valence-corrected chi connectivity index (χ1v) is 9.97. The van der Waals surface area contributed by atoms with Crippen LogP contribution in [0.1, 0.15) is 83.1 Å². The lowest BCUT2D eigenvalue weighted by Crippen LogP contribution is -1.92. The Bertz CT molecular complexity index is 488. The maximum absolute atomic E-state index is 5.32. The van der Waals surface area contributed by atoms with Crippen LogP contribution < -0.4 is 9.47 Å². The first kappa shape index (κ1) is 21.4. The van der Waals surface area contributed by atoms with Crippen molar-refractivity contribution in [3.8, 4) is 23.3 Å². The zero-order valence-electron chi connectivity index (χ0n) is 16.5. The molecule has 1 rings (SSSR count). The normalized spacial score (nSPS) is 10.2. The molecule has 0 bridgehead atoms. The van der Waals surface area contributed by atoms with Gasteiger partial charge < -0.3 is 9.47 Å². The van der Waals surface area contributed by atoms with E-state index in [1.807, 2.05) is 6.07 Å². The van der Waals surface area contributed by atoms with E-state index >= 15 is 0 Å². The van der Waals surface area contributed by atoms with Gasteiger partial charge in [0.2, 0.25) is 0 Å². The maximum Gasteiger partial charge on any atom is 0.122 e. The van der Waals surface area contributed by atoms with Gasteiger partial charge in [-0.25, -0.2) is 0 Å². The third-order valence-corrected chi connectivity index (χ3v) is 4.46. The summed E-state index contributed by atoms with van der Waals surface area (Å²) in [6, 6.07) is 6.14. The van der Waals surface area contributed by atoms with Crippen LogP contribution in [0, 0.1) is 11.8 Å². The summed E-state index contributed by atoms with van der Waals surface area (Å²) in [5.41, 5.74) is 1.30. The van der Waals surface area contributed by atoms with Crippen LogP contribution in [0.5, 0.6) is 11.5 Å². The van der Waals surface area contributed by atoms with Gasteiger partial charge in [-0.1, -0.05) is 45.4 Å². The van der Waals surface area contributed by atoms with E-state index in [1.165, 1.54) is 63.4 Å². The molecule has 0 heterocycles. The standard InChI is InChI=1S/C23H36O2/c1-4-5-6-7-8-9-10-11-12-13-14-15-16-17-21-18-22(24-2)20-23(19-21)25-3/h18-20H,4-8,11-17H2,1-3H3. The molecule has 0 amide bonds. The van der Waals surface area contributed by atoms with E-state index < -0.39 is 0 Å². The van der Waals surface area contributed by atoms with E-state index in [9.17, 15) is 0 Å². The fourth-order valence-electron chi connectivity index (χ4n) is 2.90.